The molecular formula is C13H15ClN4O3. The number of nitrogens with two attached hydrogens (primary N) is 1. The molecule has 0 saturated heterocycles. The first-order valence-corrected chi connectivity index (χ1v) is 6.48. The molecule has 2 aromatic rings. The van der Waals surface area contributed by atoms with Crippen LogP contribution in [0.15, 0.2) is 18.5 Å². The molecule has 0 unspecified atom stereocenters. The number of benzene rings is 1. The molecule has 0 aliphatic carbocycles. The summed E-state index contributed by atoms with van der Waals surface area (Å²) in [6, 6.07) is 3.41. The van der Waals surface area contributed by atoms with Crippen LogP contribution in [0, 0.1) is 0 Å². The van der Waals surface area contributed by atoms with Gasteiger partial charge >= 0.3 is 0 Å². The number of rotatable bonds is 6. The molecule has 112 valence electrons. The first kappa shape index (κ1) is 15.3. The molecule has 0 fully saturated rings. The third-order valence-electron chi connectivity index (χ3n) is 2.67. The quantitative estimate of drug-likeness (QED) is 0.642. The zero-order chi connectivity index (χ0) is 15.2. The molecule has 0 spiro atoms. The van der Waals surface area contributed by atoms with Gasteiger partial charge in [0, 0.05) is 12.8 Å². The topological polar surface area (TPSA) is 92.4 Å². The average Bonchev–Trinajstić information content (AvgIpc) is 2.48. The van der Waals surface area contributed by atoms with Crippen molar-refractivity contribution in [2.75, 3.05) is 33.2 Å². The average molecular weight is 311 g/mol. The van der Waals surface area contributed by atoms with E-state index in [0.29, 0.717) is 41.8 Å². The summed E-state index contributed by atoms with van der Waals surface area (Å²) >= 11 is 5.79. The Morgan fingerprint density at radius 1 is 1.19 bits per heavy atom. The Hall–Kier alpha value is -2.12. The maximum absolute atomic E-state index is 6.00. The summed E-state index contributed by atoms with van der Waals surface area (Å²) < 4.78 is 15.9. The van der Waals surface area contributed by atoms with Gasteiger partial charge in [-0.2, -0.15) is 4.98 Å². The van der Waals surface area contributed by atoms with Gasteiger partial charge in [-0.1, -0.05) is 0 Å². The van der Waals surface area contributed by atoms with Crippen molar-refractivity contribution in [1.82, 2.24) is 15.0 Å². The molecule has 0 radical (unpaired) electrons. The number of halogens is 1. The molecule has 7 nitrogen and oxygen atoms in total. The summed E-state index contributed by atoms with van der Waals surface area (Å²) in [7, 11) is 3.12. The van der Waals surface area contributed by atoms with Crippen molar-refractivity contribution in [3.8, 4) is 22.9 Å². The van der Waals surface area contributed by atoms with Crippen molar-refractivity contribution in [2.24, 2.45) is 0 Å². The highest BCUT2D eigenvalue weighted by Crippen LogP contribution is 2.40. The molecule has 0 atom stereocenters. The van der Waals surface area contributed by atoms with Gasteiger partial charge < -0.3 is 19.9 Å². The molecule has 21 heavy (non-hydrogen) atoms. The standard InChI is InChI=1S/C13H15ClN4O3/c1-19-5-6-21-9-4-3-8(15)10(11(9)20-2)12-16-7-17-13(14)18-12/h3-4,7H,5-6,15H2,1-2H3. The zero-order valence-electron chi connectivity index (χ0n) is 11.7. The fourth-order valence-electron chi connectivity index (χ4n) is 1.76. The number of anilines is 1. The normalized spacial score (nSPS) is 10.4. The van der Waals surface area contributed by atoms with Crippen LogP contribution in [-0.2, 0) is 4.74 Å². The van der Waals surface area contributed by atoms with E-state index in [0.717, 1.165) is 0 Å². The van der Waals surface area contributed by atoms with Crippen molar-refractivity contribution >= 4 is 17.3 Å². The van der Waals surface area contributed by atoms with Crippen LogP contribution in [0.2, 0.25) is 5.28 Å². The van der Waals surface area contributed by atoms with E-state index in [1.54, 1.807) is 19.2 Å². The summed E-state index contributed by atoms with van der Waals surface area (Å²) in [5.74, 6) is 1.28. The molecule has 2 rings (SSSR count). The summed E-state index contributed by atoms with van der Waals surface area (Å²) in [5.41, 5.74) is 6.96. The number of methoxy groups -OCH3 is 2. The third-order valence-corrected chi connectivity index (χ3v) is 2.85. The molecule has 0 bridgehead atoms. The highest BCUT2D eigenvalue weighted by atomic mass is 35.5. The minimum atomic E-state index is 0.0761. The number of ether oxygens (including phenoxy) is 3. The maximum atomic E-state index is 6.00. The van der Waals surface area contributed by atoms with Crippen LogP contribution in [-0.4, -0.2) is 42.4 Å². The van der Waals surface area contributed by atoms with E-state index in [4.69, 9.17) is 31.5 Å². The second-order valence-corrected chi connectivity index (χ2v) is 4.32. The molecule has 1 aromatic carbocycles. The molecular weight excluding hydrogens is 296 g/mol. The van der Waals surface area contributed by atoms with Crippen molar-refractivity contribution in [3.63, 3.8) is 0 Å². The predicted octanol–water partition coefficient (Wildman–Crippen LogP) is 1.81. The fourth-order valence-corrected chi connectivity index (χ4v) is 1.88. The first-order valence-electron chi connectivity index (χ1n) is 6.10. The van der Waals surface area contributed by atoms with Crippen LogP contribution < -0.4 is 15.2 Å². The van der Waals surface area contributed by atoms with Gasteiger partial charge in [0.15, 0.2) is 17.3 Å². The van der Waals surface area contributed by atoms with Crippen LogP contribution in [0.5, 0.6) is 11.5 Å². The van der Waals surface area contributed by atoms with E-state index in [1.807, 2.05) is 0 Å². The van der Waals surface area contributed by atoms with Crippen LogP contribution in [0.3, 0.4) is 0 Å². The van der Waals surface area contributed by atoms with Gasteiger partial charge in [-0.25, -0.2) is 9.97 Å². The molecule has 0 aliphatic heterocycles. The Kier molecular flexibility index (Phi) is 5.13. The highest BCUT2D eigenvalue weighted by molar-refractivity contribution is 6.28. The molecule has 2 N–H and O–H groups in total. The molecule has 0 saturated carbocycles. The minimum absolute atomic E-state index is 0.0761. The predicted molar refractivity (Wildman–Crippen MR) is 78.6 cm³/mol. The Labute approximate surface area is 127 Å². The summed E-state index contributed by atoms with van der Waals surface area (Å²) in [4.78, 5) is 11.9. The lowest BCUT2D eigenvalue weighted by Gasteiger charge is -2.15. The second kappa shape index (κ2) is 7.05. The van der Waals surface area contributed by atoms with E-state index in [-0.39, 0.29) is 5.28 Å². The van der Waals surface area contributed by atoms with E-state index < -0.39 is 0 Å². The lowest BCUT2D eigenvalue weighted by atomic mass is 10.1. The number of hydrogen-bond acceptors (Lipinski definition) is 7. The smallest absolute Gasteiger partial charge is 0.225 e. The van der Waals surface area contributed by atoms with Gasteiger partial charge in [0.1, 0.15) is 12.9 Å². The Morgan fingerprint density at radius 3 is 2.67 bits per heavy atom. The lowest BCUT2D eigenvalue weighted by Crippen LogP contribution is -2.07. The highest BCUT2D eigenvalue weighted by Gasteiger charge is 2.18. The zero-order valence-corrected chi connectivity index (χ0v) is 12.4. The Balaban J connectivity index is 2.46. The minimum Gasteiger partial charge on any atom is -0.492 e. The number of nitrogens with zero attached hydrogens (tertiary/aromatic N) is 3. The summed E-state index contributed by atoms with van der Waals surface area (Å²) in [6.45, 7) is 0.842. The largest absolute Gasteiger partial charge is 0.492 e. The van der Waals surface area contributed by atoms with Crippen LogP contribution in [0.25, 0.3) is 11.4 Å². The van der Waals surface area contributed by atoms with Gasteiger partial charge in [0.05, 0.1) is 19.3 Å². The van der Waals surface area contributed by atoms with Gasteiger partial charge in [-0.15, -0.1) is 0 Å². The molecule has 0 amide bonds. The number of hydrogen-bond donors (Lipinski definition) is 1. The van der Waals surface area contributed by atoms with E-state index in [1.165, 1.54) is 13.4 Å². The summed E-state index contributed by atoms with van der Waals surface area (Å²) in [5, 5.41) is 0.0761. The maximum Gasteiger partial charge on any atom is 0.225 e. The van der Waals surface area contributed by atoms with Gasteiger partial charge in [0.2, 0.25) is 5.28 Å². The van der Waals surface area contributed by atoms with E-state index >= 15 is 0 Å². The molecule has 0 aliphatic rings. The van der Waals surface area contributed by atoms with Crippen molar-refractivity contribution in [1.29, 1.82) is 0 Å². The van der Waals surface area contributed by atoms with Gasteiger partial charge in [0.25, 0.3) is 0 Å². The van der Waals surface area contributed by atoms with Crippen LogP contribution >= 0.6 is 11.6 Å². The first-order chi connectivity index (χ1) is 10.2. The molecule has 8 heteroatoms. The van der Waals surface area contributed by atoms with Crippen LogP contribution in [0.4, 0.5) is 5.69 Å². The molecule has 1 heterocycles. The molecule has 1 aromatic heterocycles. The third kappa shape index (κ3) is 3.50. The summed E-state index contributed by atoms with van der Waals surface area (Å²) in [6.07, 6.45) is 1.31. The Bertz CT molecular complexity index is 624. The fraction of sp³-hybridized carbons (Fsp3) is 0.308. The van der Waals surface area contributed by atoms with Gasteiger partial charge in [-0.3, -0.25) is 0 Å². The number of nitrogen functional groups attached to an aromatic ring is 1. The Morgan fingerprint density at radius 2 is 2.00 bits per heavy atom. The monoisotopic (exact) mass is 310 g/mol. The van der Waals surface area contributed by atoms with E-state index in [9.17, 15) is 0 Å². The van der Waals surface area contributed by atoms with Crippen LogP contribution in [0.1, 0.15) is 0 Å². The lowest BCUT2D eigenvalue weighted by molar-refractivity contribution is 0.144. The van der Waals surface area contributed by atoms with Crippen molar-refractivity contribution in [2.45, 2.75) is 0 Å². The van der Waals surface area contributed by atoms with Crippen molar-refractivity contribution in [3.05, 3.63) is 23.7 Å². The number of aromatic nitrogens is 3. The van der Waals surface area contributed by atoms with E-state index in [2.05, 4.69) is 15.0 Å². The van der Waals surface area contributed by atoms with Crippen molar-refractivity contribution < 1.29 is 14.2 Å². The SMILES string of the molecule is COCCOc1ccc(N)c(-c2ncnc(Cl)n2)c1OC. The van der Waals surface area contributed by atoms with Gasteiger partial charge in [-0.05, 0) is 23.7 Å². The second-order valence-electron chi connectivity index (χ2n) is 3.98.